The van der Waals surface area contributed by atoms with E-state index in [0.29, 0.717) is 16.0 Å². The first-order valence-corrected chi connectivity index (χ1v) is 14.8. The predicted octanol–water partition coefficient (Wildman–Crippen LogP) is 4.78. The number of aromatic nitrogens is 1. The van der Waals surface area contributed by atoms with E-state index in [1.165, 1.54) is 28.5 Å². The second-order valence-electron chi connectivity index (χ2n) is 9.44. The fourth-order valence-corrected chi connectivity index (χ4v) is 6.89. The van der Waals surface area contributed by atoms with Gasteiger partial charge >= 0.3 is 0 Å². The molecule has 6 rings (SSSR count). The van der Waals surface area contributed by atoms with Crippen LogP contribution in [-0.4, -0.2) is 30.1 Å². The van der Waals surface area contributed by atoms with Crippen molar-refractivity contribution < 1.29 is 18.3 Å². The Balaban J connectivity index is 1.36. The van der Waals surface area contributed by atoms with Gasteiger partial charge in [-0.2, -0.15) is 8.42 Å². The van der Waals surface area contributed by atoms with Crippen LogP contribution in [0.3, 0.4) is 0 Å². The van der Waals surface area contributed by atoms with Crippen LogP contribution in [0.1, 0.15) is 43.2 Å². The van der Waals surface area contributed by atoms with Crippen molar-refractivity contribution in [2.75, 3.05) is 10.7 Å². The Kier molecular flexibility index (Phi) is 6.32. The molecule has 9 nitrogen and oxygen atoms in total. The minimum atomic E-state index is -4.19. The standard InChI is InChI=1S/C27H26N4O5S2/c32-24-23(27(33)31(21-13-14-37-25(21)24)29-18-9-5-2-6-10-18)26-28-20-12-11-19(15-22(20)38(34,35)30-26)36-16-17-7-3-1-4-8-17/h1,3-4,7-8,11-15,18,29,32H,2,5-6,9-10,16H2,(H,28,30). The monoisotopic (exact) mass is 550 g/mol. The highest BCUT2D eigenvalue weighted by Crippen LogP contribution is 2.36. The highest BCUT2D eigenvalue weighted by atomic mass is 32.2. The van der Waals surface area contributed by atoms with Crippen molar-refractivity contribution in [3.05, 3.63) is 81.5 Å². The highest BCUT2D eigenvalue weighted by Gasteiger charge is 2.31. The maximum atomic E-state index is 13.7. The number of anilines is 1. The molecule has 2 aromatic carbocycles. The Labute approximate surface area is 223 Å². The molecule has 4 aromatic rings. The van der Waals surface area contributed by atoms with Crippen LogP contribution in [0.25, 0.3) is 10.2 Å². The molecule has 0 atom stereocenters. The molecule has 0 radical (unpaired) electrons. The predicted molar refractivity (Wildman–Crippen MR) is 149 cm³/mol. The topological polar surface area (TPSA) is 122 Å². The molecule has 0 unspecified atom stereocenters. The maximum Gasteiger partial charge on any atom is 0.286 e. The summed E-state index contributed by atoms with van der Waals surface area (Å²) in [7, 11) is -4.19. The summed E-state index contributed by atoms with van der Waals surface area (Å²) in [5.74, 6) is -0.139. The first-order valence-electron chi connectivity index (χ1n) is 12.5. The number of nitrogens with one attached hydrogen (secondary N) is 2. The van der Waals surface area contributed by atoms with Gasteiger partial charge in [-0.25, -0.2) is 4.68 Å². The lowest BCUT2D eigenvalue weighted by Crippen LogP contribution is -2.40. The first-order chi connectivity index (χ1) is 18.4. The van der Waals surface area contributed by atoms with Crippen molar-refractivity contribution >= 4 is 43.1 Å². The highest BCUT2D eigenvalue weighted by molar-refractivity contribution is 7.90. The van der Waals surface area contributed by atoms with E-state index in [9.17, 15) is 18.3 Å². The lowest BCUT2D eigenvalue weighted by atomic mass is 9.96. The van der Waals surface area contributed by atoms with Crippen LogP contribution < -0.4 is 21.0 Å². The number of amidine groups is 1. The molecular formula is C27H26N4O5S2. The summed E-state index contributed by atoms with van der Waals surface area (Å²) in [6.07, 6.45) is 5.18. The molecule has 3 N–H and O–H groups in total. The fraction of sp³-hybridized carbons (Fsp3) is 0.259. The van der Waals surface area contributed by atoms with Crippen LogP contribution in [-0.2, 0) is 16.6 Å². The van der Waals surface area contributed by atoms with Crippen LogP contribution >= 0.6 is 11.3 Å². The molecule has 1 saturated carbocycles. The van der Waals surface area contributed by atoms with Gasteiger partial charge in [-0.1, -0.05) is 49.6 Å². The van der Waals surface area contributed by atoms with Crippen LogP contribution in [0.2, 0.25) is 0 Å². The van der Waals surface area contributed by atoms with Gasteiger partial charge in [0.2, 0.25) is 0 Å². The number of hydrogen-bond acceptors (Lipinski definition) is 8. The summed E-state index contributed by atoms with van der Waals surface area (Å²) in [5, 5.41) is 15.8. The Bertz CT molecular complexity index is 1700. The third kappa shape index (κ3) is 4.52. The van der Waals surface area contributed by atoms with Gasteiger partial charge in [-0.15, -0.1) is 15.7 Å². The molecule has 1 aliphatic carbocycles. The van der Waals surface area contributed by atoms with Crippen molar-refractivity contribution in [1.82, 2.24) is 4.68 Å². The number of benzene rings is 2. The molecule has 2 aromatic heterocycles. The van der Waals surface area contributed by atoms with E-state index < -0.39 is 15.6 Å². The van der Waals surface area contributed by atoms with Crippen molar-refractivity contribution in [3.63, 3.8) is 0 Å². The van der Waals surface area contributed by atoms with Crippen molar-refractivity contribution in [2.24, 2.45) is 4.40 Å². The molecule has 0 bridgehead atoms. The van der Waals surface area contributed by atoms with E-state index in [4.69, 9.17) is 4.74 Å². The molecule has 0 amide bonds. The van der Waals surface area contributed by atoms with E-state index in [2.05, 4.69) is 15.1 Å². The second-order valence-corrected chi connectivity index (χ2v) is 11.9. The first kappa shape index (κ1) is 24.5. The Hall–Kier alpha value is -3.83. The Morgan fingerprint density at radius 2 is 1.89 bits per heavy atom. The summed E-state index contributed by atoms with van der Waals surface area (Å²) in [5.41, 5.74) is 4.30. The van der Waals surface area contributed by atoms with Gasteiger partial charge in [-0.3, -0.25) is 4.79 Å². The number of rotatable bonds is 6. The number of aromatic hydroxyl groups is 1. The van der Waals surface area contributed by atoms with Gasteiger partial charge in [0.1, 0.15) is 22.8 Å². The van der Waals surface area contributed by atoms with E-state index in [0.717, 1.165) is 31.2 Å². The van der Waals surface area contributed by atoms with Gasteiger partial charge < -0.3 is 20.6 Å². The van der Waals surface area contributed by atoms with Gasteiger partial charge in [0.15, 0.2) is 11.6 Å². The minimum absolute atomic E-state index is 0.0656. The number of ether oxygens (including phenoxy) is 1. The number of fused-ring (bicyclic) bond motifs is 2. The van der Waals surface area contributed by atoms with Gasteiger partial charge in [0.25, 0.3) is 15.6 Å². The molecule has 2 aliphatic rings. The van der Waals surface area contributed by atoms with Crippen LogP contribution in [0, 0.1) is 0 Å². The average Bonchev–Trinajstić information content (AvgIpc) is 3.41. The van der Waals surface area contributed by atoms with Crippen LogP contribution in [0.4, 0.5) is 5.69 Å². The van der Waals surface area contributed by atoms with E-state index in [1.807, 2.05) is 30.3 Å². The van der Waals surface area contributed by atoms with Crippen molar-refractivity contribution in [3.8, 4) is 11.5 Å². The zero-order valence-corrected chi connectivity index (χ0v) is 22.0. The molecule has 11 heteroatoms. The van der Waals surface area contributed by atoms with E-state index in [1.54, 1.807) is 23.6 Å². The summed E-state index contributed by atoms with van der Waals surface area (Å²) >= 11 is 1.27. The van der Waals surface area contributed by atoms with E-state index >= 15 is 0 Å². The number of hydrogen-bond donors (Lipinski definition) is 3. The third-order valence-electron chi connectivity index (χ3n) is 6.85. The number of nitrogens with zero attached hydrogens (tertiary/aromatic N) is 2. The number of thiophene rings is 1. The molecule has 1 aliphatic heterocycles. The quantitative estimate of drug-likeness (QED) is 0.316. The van der Waals surface area contributed by atoms with Crippen LogP contribution in [0.15, 0.2) is 74.1 Å². The lowest BCUT2D eigenvalue weighted by molar-refractivity contribution is 0.305. The Morgan fingerprint density at radius 3 is 2.68 bits per heavy atom. The normalized spacial score (nSPS) is 16.9. The zero-order valence-electron chi connectivity index (χ0n) is 20.4. The molecule has 196 valence electrons. The van der Waals surface area contributed by atoms with Gasteiger partial charge in [0.05, 0.1) is 15.9 Å². The summed E-state index contributed by atoms with van der Waals surface area (Å²) in [6, 6.07) is 16.1. The molecular weight excluding hydrogens is 524 g/mol. The molecule has 0 spiro atoms. The fourth-order valence-electron chi connectivity index (χ4n) is 4.93. The molecule has 0 saturated heterocycles. The Morgan fingerprint density at radius 1 is 1.11 bits per heavy atom. The smallest absolute Gasteiger partial charge is 0.286 e. The zero-order chi connectivity index (χ0) is 26.3. The van der Waals surface area contributed by atoms with Gasteiger partial charge in [0, 0.05) is 12.1 Å². The molecule has 3 heterocycles. The summed E-state index contributed by atoms with van der Waals surface area (Å²) < 4.78 is 38.1. The number of pyridine rings is 1. The van der Waals surface area contributed by atoms with Gasteiger partial charge in [-0.05, 0) is 42.0 Å². The summed E-state index contributed by atoms with van der Waals surface area (Å²) in [6.45, 7) is 0.282. The molecule has 38 heavy (non-hydrogen) atoms. The SMILES string of the molecule is O=c1c(C2=NS(=O)(=O)c3cc(OCc4ccccc4)ccc3N2)c(O)c2sccc2n1NC1CCCCC1. The number of sulfonamides is 1. The second kappa shape index (κ2) is 9.80. The van der Waals surface area contributed by atoms with Crippen molar-refractivity contribution in [2.45, 2.75) is 49.6 Å². The third-order valence-corrected chi connectivity index (χ3v) is 9.08. The minimum Gasteiger partial charge on any atom is -0.505 e. The maximum absolute atomic E-state index is 13.7. The summed E-state index contributed by atoms with van der Waals surface area (Å²) in [4.78, 5) is 13.6. The molecule has 1 fully saturated rings. The van der Waals surface area contributed by atoms with E-state index in [-0.39, 0.29) is 40.4 Å². The van der Waals surface area contributed by atoms with Crippen molar-refractivity contribution in [1.29, 1.82) is 0 Å². The lowest BCUT2D eigenvalue weighted by Gasteiger charge is -2.26. The average molecular weight is 551 g/mol. The largest absolute Gasteiger partial charge is 0.505 e. The van der Waals surface area contributed by atoms with Crippen LogP contribution in [0.5, 0.6) is 11.5 Å².